The molecule has 0 radical (unpaired) electrons. The maximum Gasteiger partial charge on any atom is 0.322 e. The van der Waals surface area contributed by atoms with E-state index in [-0.39, 0.29) is 30.2 Å². The van der Waals surface area contributed by atoms with Crippen LogP contribution in [-0.2, 0) is 21.4 Å². The van der Waals surface area contributed by atoms with Crippen LogP contribution in [0.25, 0.3) is 0 Å². The number of carbonyl (C=O) groups is 1. The molecule has 10 heteroatoms. The van der Waals surface area contributed by atoms with E-state index in [4.69, 9.17) is 13.7 Å². The summed E-state index contributed by atoms with van der Waals surface area (Å²) in [7, 11) is -2.22. The van der Waals surface area contributed by atoms with Gasteiger partial charge in [0.2, 0.25) is 0 Å². The van der Waals surface area contributed by atoms with Crippen LogP contribution in [0.5, 0.6) is 11.5 Å². The number of hydrogen-bond acceptors (Lipinski definition) is 7. The predicted octanol–water partition coefficient (Wildman–Crippen LogP) is 4.48. The quantitative estimate of drug-likeness (QED) is 0.413. The first-order valence-corrected chi connectivity index (χ1v) is 14.0. The number of nitrogens with one attached hydrogen (secondary N) is 1. The monoisotopic (exact) mass is 519 g/mol. The van der Waals surface area contributed by atoms with Crippen molar-refractivity contribution in [3.8, 4) is 11.5 Å². The van der Waals surface area contributed by atoms with Crippen molar-refractivity contribution in [1.82, 2.24) is 4.90 Å². The molecule has 1 aliphatic heterocycles. The predicted molar refractivity (Wildman–Crippen MR) is 141 cm³/mol. The Bertz CT molecular complexity index is 1110. The molecule has 1 N–H and O–H groups in total. The minimum atomic E-state index is -3.77. The van der Waals surface area contributed by atoms with E-state index in [9.17, 15) is 13.2 Å². The molecule has 9 nitrogen and oxygen atoms in total. The molecule has 1 fully saturated rings. The van der Waals surface area contributed by atoms with Gasteiger partial charge in [-0.25, -0.2) is 4.79 Å². The molecule has 0 saturated carbocycles. The first-order valence-electron chi connectivity index (χ1n) is 12.4. The van der Waals surface area contributed by atoms with Gasteiger partial charge in [-0.2, -0.15) is 8.42 Å². The Morgan fingerprint density at radius 2 is 1.86 bits per heavy atom. The summed E-state index contributed by atoms with van der Waals surface area (Å²) >= 11 is 0. The molecule has 2 amide bonds. The van der Waals surface area contributed by atoms with Gasteiger partial charge in [0.1, 0.15) is 11.5 Å². The Kier molecular flexibility index (Phi) is 9.83. The summed E-state index contributed by atoms with van der Waals surface area (Å²) in [5.74, 6) is 0.615. The van der Waals surface area contributed by atoms with Crippen molar-refractivity contribution >= 4 is 27.5 Å². The van der Waals surface area contributed by atoms with Gasteiger partial charge in [0, 0.05) is 43.6 Å². The van der Waals surface area contributed by atoms with E-state index >= 15 is 0 Å². The van der Waals surface area contributed by atoms with E-state index in [1.165, 1.54) is 6.92 Å². The van der Waals surface area contributed by atoms with Crippen LogP contribution in [0.15, 0.2) is 42.5 Å². The molecule has 0 spiro atoms. The maximum absolute atomic E-state index is 13.4. The maximum atomic E-state index is 13.4. The lowest BCUT2D eigenvalue weighted by atomic mass is 10.1. The number of anilines is 2. The van der Waals surface area contributed by atoms with Crippen LogP contribution < -0.4 is 19.1 Å². The Labute approximate surface area is 214 Å². The Morgan fingerprint density at radius 3 is 2.50 bits per heavy atom. The highest BCUT2D eigenvalue weighted by molar-refractivity contribution is 7.87. The van der Waals surface area contributed by atoms with Crippen LogP contribution >= 0.6 is 0 Å². The van der Waals surface area contributed by atoms with Gasteiger partial charge in [-0.15, -0.1) is 0 Å². The highest BCUT2D eigenvalue weighted by Gasteiger charge is 2.25. The number of amides is 2. The number of ether oxygens (including phenoxy) is 2. The molecule has 0 aliphatic carbocycles. The van der Waals surface area contributed by atoms with Gasteiger partial charge >= 0.3 is 16.1 Å². The molecule has 3 rings (SSSR count). The van der Waals surface area contributed by atoms with Crippen LogP contribution in [-0.4, -0.2) is 64.6 Å². The summed E-state index contributed by atoms with van der Waals surface area (Å²) in [6, 6.07) is 12.3. The topological polar surface area (TPSA) is 97.4 Å². The summed E-state index contributed by atoms with van der Waals surface area (Å²) < 4.78 is 41.4. The number of urea groups is 1. The van der Waals surface area contributed by atoms with E-state index in [2.05, 4.69) is 10.2 Å². The summed E-state index contributed by atoms with van der Waals surface area (Å²) in [4.78, 5) is 17.2. The van der Waals surface area contributed by atoms with Gasteiger partial charge in [0.05, 0.1) is 31.2 Å². The summed E-state index contributed by atoms with van der Waals surface area (Å²) in [6.07, 6.45) is 1.70. The Hall–Kier alpha value is -2.98. The SMILES string of the molecule is CCN(CC)c1ccc(CN(CC2CCCO2)C(=O)Nc2ccccc2OC)c(OS(=O)(=O)CC)c1. The van der Waals surface area contributed by atoms with Crippen LogP contribution in [0, 0.1) is 0 Å². The number of para-hydroxylation sites is 2. The molecule has 2 aromatic carbocycles. The third-order valence-electron chi connectivity index (χ3n) is 6.19. The zero-order valence-corrected chi connectivity index (χ0v) is 22.3. The fraction of sp³-hybridized carbons (Fsp3) is 0.500. The lowest BCUT2D eigenvalue weighted by molar-refractivity contribution is 0.0818. The number of benzene rings is 2. The smallest absolute Gasteiger partial charge is 0.322 e. The average molecular weight is 520 g/mol. The molecular formula is C26H37N3O6S. The molecule has 1 unspecified atom stereocenters. The van der Waals surface area contributed by atoms with Crippen LogP contribution in [0.3, 0.4) is 0 Å². The number of rotatable bonds is 12. The summed E-state index contributed by atoms with van der Waals surface area (Å²) in [6.45, 7) is 8.30. The standard InChI is InChI=1S/C26H37N3O6S/c1-5-28(6-2)21-15-14-20(25(17-21)35-36(31,32)7-3)18-29(19-22-11-10-16-34-22)26(30)27-23-12-8-9-13-24(23)33-4/h8-9,12-15,17,22H,5-7,10-11,16,18-19H2,1-4H3,(H,27,30). The lowest BCUT2D eigenvalue weighted by Crippen LogP contribution is -2.39. The highest BCUT2D eigenvalue weighted by atomic mass is 32.2. The first-order chi connectivity index (χ1) is 17.3. The van der Waals surface area contributed by atoms with Gasteiger partial charge in [-0.05, 0) is 51.8 Å². The van der Waals surface area contributed by atoms with Crippen molar-refractivity contribution in [2.24, 2.45) is 0 Å². The van der Waals surface area contributed by atoms with Crippen molar-refractivity contribution < 1.29 is 26.9 Å². The average Bonchev–Trinajstić information content (AvgIpc) is 3.39. The lowest BCUT2D eigenvalue weighted by Gasteiger charge is -2.28. The van der Waals surface area contributed by atoms with Crippen LogP contribution in [0.4, 0.5) is 16.2 Å². The van der Waals surface area contributed by atoms with E-state index < -0.39 is 10.1 Å². The summed E-state index contributed by atoms with van der Waals surface area (Å²) in [5, 5.41) is 2.92. The fourth-order valence-electron chi connectivity index (χ4n) is 4.13. The number of methoxy groups -OCH3 is 1. The van der Waals surface area contributed by atoms with E-state index in [0.717, 1.165) is 31.6 Å². The van der Waals surface area contributed by atoms with E-state index in [1.54, 1.807) is 30.2 Å². The molecule has 0 bridgehead atoms. The third kappa shape index (κ3) is 7.27. The normalized spacial score (nSPS) is 15.4. The van der Waals surface area contributed by atoms with Crippen LogP contribution in [0.2, 0.25) is 0 Å². The molecule has 36 heavy (non-hydrogen) atoms. The molecule has 1 aliphatic rings. The molecule has 1 atom stereocenters. The Balaban J connectivity index is 1.93. The second-order valence-corrected chi connectivity index (χ2v) is 10.4. The van der Waals surface area contributed by atoms with Gasteiger partial charge in [-0.3, -0.25) is 0 Å². The van der Waals surface area contributed by atoms with E-state index in [0.29, 0.717) is 30.2 Å². The van der Waals surface area contributed by atoms with Crippen LogP contribution in [0.1, 0.15) is 39.2 Å². The molecule has 0 aromatic heterocycles. The fourth-order valence-corrected chi connectivity index (χ4v) is 4.68. The molecular weight excluding hydrogens is 482 g/mol. The zero-order valence-electron chi connectivity index (χ0n) is 21.5. The van der Waals surface area contributed by atoms with Gasteiger partial charge in [-0.1, -0.05) is 18.2 Å². The number of hydrogen-bond donors (Lipinski definition) is 1. The minimum absolute atomic E-state index is 0.0906. The number of carbonyl (C=O) groups excluding carboxylic acids is 1. The van der Waals surface area contributed by atoms with Crippen molar-refractivity contribution in [1.29, 1.82) is 0 Å². The van der Waals surface area contributed by atoms with Gasteiger partial charge in [0.15, 0.2) is 0 Å². The van der Waals surface area contributed by atoms with Gasteiger partial charge < -0.3 is 28.8 Å². The van der Waals surface area contributed by atoms with Crippen molar-refractivity contribution in [2.45, 2.75) is 46.3 Å². The van der Waals surface area contributed by atoms with E-state index in [1.807, 2.05) is 38.1 Å². The van der Waals surface area contributed by atoms with Crippen molar-refractivity contribution in [3.05, 3.63) is 48.0 Å². The third-order valence-corrected chi connectivity index (χ3v) is 7.34. The first kappa shape index (κ1) is 27.6. The molecule has 198 valence electrons. The molecule has 1 saturated heterocycles. The number of nitrogens with zero attached hydrogens (tertiary/aromatic N) is 2. The molecule has 1 heterocycles. The summed E-state index contributed by atoms with van der Waals surface area (Å²) in [5.41, 5.74) is 1.99. The van der Waals surface area contributed by atoms with Crippen molar-refractivity contribution in [2.75, 3.05) is 49.3 Å². The molecule has 2 aromatic rings. The Morgan fingerprint density at radius 1 is 1.11 bits per heavy atom. The second kappa shape index (κ2) is 12.8. The van der Waals surface area contributed by atoms with Crippen molar-refractivity contribution in [3.63, 3.8) is 0 Å². The highest BCUT2D eigenvalue weighted by Crippen LogP contribution is 2.30. The van der Waals surface area contributed by atoms with Gasteiger partial charge in [0.25, 0.3) is 0 Å². The largest absolute Gasteiger partial charge is 0.495 e. The zero-order chi connectivity index (χ0) is 26.1. The minimum Gasteiger partial charge on any atom is -0.495 e. The second-order valence-electron chi connectivity index (χ2n) is 8.54.